The summed E-state index contributed by atoms with van der Waals surface area (Å²) in [4.78, 5) is 14.2. The van der Waals surface area contributed by atoms with E-state index < -0.39 is 0 Å². The fourth-order valence-corrected chi connectivity index (χ4v) is 1.89. The molecule has 0 bridgehead atoms. The topological polar surface area (TPSA) is 51.3 Å². The Hall–Kier alpha value is -1.45. The fourth-order valence-electron chi connectivity index (χ4n) is 1.89. The summed E-state index contributed by atoms with van der Waals surface area (Å²) >= 11 is 0. The van der Waals surface area contributed by atoms with Gasteiger partial charge in [-0.15, -0.1) is 0 Å². The summed E-state index contributed by atoms with van der Waals surface area (Å²) in [5.74, 6) is 0.0829. The Bertz CT molecular complexity index is 371. The third-order valence-electron chi connectivity index (χ3n) is 2.93. The van der Waals surface area contributed by atoms with Crippen LogP contribution in [0.4, 0.5) is 5.69 Å². The smallest absolute Gasteiger partial charge is 0.270 e. The molecule has 1 rings (SSSR count). The van der Waals surface area contributed by atoms with E-state index in [1.165, 1.54) is 0 Å². The summed E-state index contributed by atoms with van der Waals surface area (Å²) in [6.07, 6.45) is 3.96. The summed E-state index contributed by atoms with van der Waals surface area (Å²) in [5.41, 5.74) is 7.09. The lowest BCUT2D eigenvalue weighted by molar-refractivity contribution is 0.0751. The maximum Gasteiger partial charge on any atom is 0.270 e. The zero-order chi connectivity index (χ0) is 12.8. The van der Waals surface area contributed by atoms with Crippen LogP contribution >= 0.6 is 0 Å². The number of hydrogen-bond donors (Lipinski definition) is 1. The molecule has 1 heterocycles. The van der Waals surface area contributed by atoms with Crippen molar-refractivity contribution in [3.8, 4) is 0 Å². The van der Waals surface area contributed by atoms with Crippen molar-refractivity contribution in [1.29, 1.82) is 0 Å². The highest BCUT2D eigenvalue weighted by Crippen LogP contribution is 2.13. The highest BCUT2D eigenvalue weighted by atomic mass is 16.2. The predicted octanol–water partition coefficient (Wildman–Crippen LogP) is 2.35. The monoisotopic (exact) mass is 237 g/mol. The molecule has 17 heavy (non-hydrogen) atoms. The minimum atomic E-state index is 0.0829. The number of unbranched alkanes of at least 4 members (excludes halogenated alkanes) is 1. The Labute approximate surface area is 103 Å². The molecule has 96 valence electrons. The Morgan fingerprint density at radius 1 is 1.41 bits per heavy atom. The Morgan fingerprint density at radius 2 is 2.12 bits per heavy atom. The minimum absolute atomic E-state index is 0.0829. The quantitative estimate of drug-likeness (QED) is 0.825. The highest BCUT2D eigenvalue weighted by Gasteiger charge is 2.17. The van der Waals surface area contributed by atoms with Gasteiger partial charge in [0.2, 0.25) is 0 Å². The second-order valence-corrected chi connectivity index (χ2v) is 4.18. The van der Waals surface area contributed by atoms with Crippen LogP contribution in [-0.2, 0) is 6.54 Å². The van der Waals surface area contributed by atoms with Gasteiger partial charge in [0.25, 0.3) is 5.91 Å². The van der Waals surface area contributed by atoms with Crippen LogP contribution in [0.25, 0.3) is 0 Å². The molecule has 0 spiro atoms. The zero-order valence-corrected chi connectivity index (χ0v) is 11.1. The van der Waals surface area contributed by atoms with Crippen molar-refractivity contribution < 1.29 is 4.79 Å². The van der Waals surface area contributed by atoms with Crippen LogP contribution in [0.2, 0.25) is 0 Å². The number of nitrogens with zero attached hydrogens (tertiary/aromatic N) is 2. The standard InChI is InChI=1S/C13H23N3O/c1-4-7-8-15(5-2)13(17)12-9-11(14)10-16(12)6-3/h9-10H,4-8,14H2,1-3H3. The average molecular weight is 237 g/mol. The van der Waals surface area contributed by atoms with Gasteiger partial charge in [-0.2, -0.15) is 0 Å². The molecule has 4 nitrogen and oxygen atoms in total. The van der Waals surface area contributed by atoms with Gasteiger partial charge in [0.1, 0.15) is 5.69 Å². The molecule has 0 aliphatic heterocycles. The maximum atomic E-state index is 12.3. The number of aromatic nitrogens is 1. The Balaban J connectivity index is 2.85. The van der Waals surface area contributed by atoms with Crippen molar-refractivity contribution in [3.63, 3.8) is 0 Å². The second-order valence-electron chi connectivity index (χ2n) is 4.18. The molecule has 0 aromatic carbocycles. The molecule has 0 radical (unpaired) electrons. The lowest BCUT2D eigenvalue weighted by Crippen LogP contribution is -2.33. The third-order valence-corrected chi connectivity index (χ3v) is 2.93. The number of nitrogens with two attached hydrogens (primary N) is 1. The molecule has 4 heteroatoms. The number of amides is 1. The van der Waals surface area contributed by atoms with Gasteiger partial charge in [0.05, 0.1) is 5.69 Å². The predicted molar refractivity (Wildman–Crippen MR) is 71.0 cm³/mol. The number of aryl methyl sites for hydroxylation is 1. The molecule has 2 N–H and O–H groups in total. The van der Waals surface area contributed by atoms with Gasteiger partial charge < -0.3 is 15.2 Å². The SMILES string of the molecule is CCCCN(CC)C(=O)c1cc(N)cn1CC. The van der Waals surface area contributed by atoms with Gasteiger partial charge >= 0.3 is 0 Å². The van der Waals surface area contributed by atoms with Gasteiger partial charge in [-0.3, -0.25) is 4.79 Å². The first-order valence-corrected chi connectivity index (χ1v) is 6.38. The van der Waals surface area contributed by atoms with Crippen LogP contribution in [0.3, 0.4) is 0 Å². The van der Waals surface area contributed by atoms with E-state index in [4.69, 9.17) is 5.73 Å². The molecule has 0 fully saturated rings. The van der Waals surface area contributed by atoms with Gasteiger partial charge in [-0.25, -0.2) is 0 Å². The van der Waals surface area contributed by atoms with Crippen LogP contribution in [0.1, 0.15) is 44.1 Å². The van der Waals surface area contributed by atoms with E-state index in [0.717, 1.165) is 32.5 Å². The van der Waals surface area contributed by atoms with E-state index in [0.29, 0.717) is 11.4 Å². The first-order valence-electron chi connectivity index (χ1n) is 6.38. The number of carbonyl (C=O) groups is 1. The summed E-state index contributed by atoms with van der Waals surface area (Å²) < 4.78 is 1.91. The first-order chi connectivity index (χ1) is 8.13. The lowest BCUT2D eigenvalue weighted by atomic mass is 10.3. The summed E-state index contributed by atoms with van der Waals surface area (Å²) in [5, 5.41) is 0. The molecular formula is C13H23N3O. The van der Waals surface area contributed by atoms with Crippen LogP contribution in [0.15, 0.2) is 12.3 Å². The number of hydrogen-bond acceptors (Lipinski definition) is 2. The van der Waals surface area contributed by atoms with Crippen LogP contribution < -0.4 is 5.73 Å². The second kappa shape index (κ2) is 6.33. The average Bonchev–Trinajstić information content (AvgIpc) is 2.71. The molecule has 0 aliphatic carbocycles. The number of anilines is 1. The summed E-state index contributed by atoms with van der Waals surface area (Å²) in [6, 6.07) is 1.76. The van der Waals surface area contributed by atoms with E-state index >= 15 is 0 Å². The summed E-state index contributed by atoms with van der Waals surface area (Å²) in [6.45, 7) is 8.48. The molecule has 1 aromatic heterocycles. The van der Waals surface area contributed by atoms with E-state index in [9.17, 15) is 4.79 Å². The highest BCUT2D eigenvalue weighted by molar-refractivity contribution is 5.93. The third kappa shape index (κ3) is 3.25. The minimum Gasteiger partial charge on any atom is -0.397 e. The van der Waals surface area contributed by atoms with Crippen molar-refractivity contribution in [2.45, 2.75) is 40.2 Å². The number of carbonyl (C=O) groups excluding carboxylic acids is 1. The van der Waals surface area contributed by atoms with Crippen molar-refractivity contribution >= 4 is 11.6 Å². The molecule has 1 aromatic rings. The number of rotatable bonds is 6. The normalized spacial score (nSPS) is 10.5. The Kier molecular flexibility index (Phi) is 5.07. The molecule has 1 amide bonds. The van der Waals surface area contributed by atoms with Gasteiger partial charge in [-0.05, 0) is 26.3 Å². The molecule has 0 saturated heterocycles. The van der Waals surface area contributed by atoms with E-state index in [1.807, 2.05) is 29.5 Å². The van der Waals surface area contributed by atoms with Crippen molar-refractivity contribution in [2.75, 3.05) is 18.8 Å². The Morgan fingerprint density at radius 3 is 2.65 bits per heavy atom. The van der Waals surface area contributed by atoms with E-state index in [2.05, 4.69) is 6.92 Å². The van der Waals surface area contributed by atoms with Crippen LogP contribution in [0, 0.1) is 0 Å². The molecule has 0 aliphatic rings. The molecular weight excluding hydrogens is 214 g/mol. The van der Waals surface area contributed by atoms with Crippen molar-refractivity contribution in [2.24, 2.45) is 0 Å². The molecule has 0 saturated carbocycles. The van der Waals surface area contributed by atoms with Crippen LogP contribution in [0.5, 0.6) is 0 Å². The van der Waals surface area contributed by atoms with Gasteiger partial charge in [-0.1, -0.05) is 13.3 Å². The van der Waals surface area contributed by atoms with Gasteiger partial charge in [0.15, 0.2) is 0 Å². The lowest BCUT2D eigenvalue weighted by Gasteiger charge is -2.21. The molecule has 0 atom stereocenters. The summed E-state index contributed by atoms with van der Waals surface area (Å²) in [7, 11) is 0. The van der Waals surface area contributed by atoms with E-state index in [1.54, 1.807) is 6.07 Å². The fraction of sp³-hybridized carbons (Fsp3) is 0.615. The zero-order valence-electron chi connectivity index (χ0n) is 11.1. The first kappa shape index (κ1) is 13.6. The van der Waals surface area contributed by atoms with E-state index in [-0.39, 0.29) is 5.91 Å². The van der Waals surface area contributed by atoms with Crippen molar-refractivity contribution in [1.82, 2.24) is 9.47 Å². The number of nitrogen functional groups attached to an aromatic ring is 1. The van der Waals surface area contributed by atoms with Crippen LogP contribution in [-0.4, -0.2) is 28.5 Å². The maximum absolute atomic E-state index is 12.3. The molecule has 0 unspecified atom stereocenters. The largest absolute Gasteiger partial charge is 0.397 e. The van der Waals surface area contributed by atoms with Crippen molar-refractivity contribution in [3.05, 3.63) is 18.0 Å². The van der Waals surface area contributed by atoms with Gasteiger partial charge in [0, 0.05) is 25.8 Å².